The molecule has 0 bridgehead atoms. The van der Waals surface area contributed by atoms with Gasteiger partial charge in [0, 0.05) is 6.04 Å². The number of ether oxygens (including phenoxy) is 1. The summed E-state index contributed by atoms with van der Waals surface area (Å²) in [5, 5.41) is 7.49. The van der Waals surface area contributed by atoms with Gasteiger partial charge in [0.15, 0.2) is 5.82 Å². The van der Waals surface area contributed by atoms with Crippen molar-refractivity contribution in [2.45, 2.75) is 25.1 Å². The Kier molecular flexibility index (Phi) is 3.50. The quantitative estimate of drug-likeness (QED) is 0.935. The topological polar surface area (TPSA) is 83.0 Å². The highest BCUT2D eigenvalue weighted by atomic mass is 19.4. The predicted octanol–water partition coefficient (Wildman–Crippen LogP) is 2.25. The number of rotatable bonds is 3. The molecule has 122 valence electrons. The molecular formula is C14H13F3N4O2. The van der Waals surface area contributed by atoms with Crippen LogP contribution in [0.4, 0.5) is 19.0 Å². The number of benzene rings is 1. The molecule has 2 N–H and O–H groups in total. The number of halogens is 3. The average Bonchev–Trinajstić information content (AvgIpc) is 3.33. The van der Waals surface area contributed by atoms with E-state index in [1.54, 1.807) is 0 Å². The van der Waals surface area contributed by atoms with Crippen LogP contribution in [0.3, 0.4) is 0 Å². The van der Waals surface area contributed by atoms with Crippen molar-refractivity contribution in [3.63, 3.8) is 0 Å². The number of anilines is 1. The van der Waals surface area contributed by atoms with Crippen LogP contribution in [-0.4, -0.2) is 21.9 Å². The van der Waals surface area contributed by atoms with Gasteiger partial charge in [0.1, 0.15) is 5.75 Å². The summed E-state index contributed by atoms with van der Waals surface area (Å²) in [6.45, 7) is 0. The fourth-order valence-electron chi connectivity index (χ4n) is 2.32. The van der Waals surface area contributed by atoms with Gasteiger partial charge >= 0.3 is 6.18 Å². The number of hydrogen-bond acceptors (Lipinski definition) is 5. The first kappa shape index (κ1) is 15.3. The molecule has 1 saturated carbocycles. The van der Waals surface area contributed by atoms with E-state index in [9.17, 15) is 18.0 Å². The Labute approximate surface area is 128 Å². The molecular weight excluding hydrogens is 313 g/mol. The molecule has 1 aliphatic carbocycles. The van der Waals surface area contributed by atoms with Crippen molar-refractivity contribution >= 4 is 5.82 Å². The van der Waals surface area contributed by atoms with Crippen LogP contribution in [0, 0.1) is 0 Å². The van der Waals surface area contributed by atoms with Gasteiger partial charge in [-0.15, -0.1) is 10.2 Å². The van der Waals surface area contributed by atoms with Gasteiger partial charge in [0.2, 0.25) is 5.82 Å². The van der Waals surface area contributed by atoms with E-state index in [-0.39, 0.29) is 29.0 Å². The monoisotopic (exact) mass is 326 g/mol. The maximum absolute atomic E-state index is 12.8. The van der Waals surface area contributed by atoms with Crippen LogP contribution < -0.4 is 16.0 Å². The number of nitrogen functional groups attached to an aromatic ring is 1. The Morgan fingerprint density at radius 3 is 2.57 bits per heavy atom. The molecule has 1 fully saturated rings. The first-order chi connectivity index (χ1) is 10.8. The third-order valence-electron chi connectivity index (χ3n) is 3.60. The molecule has 1 aliphatic rings. The zero-order valence-electron chi connectivity index (χ0n) is 12.1. The van der Waals surface area contributed by atoms with Crippen molar-refractivity contribution in [2.24, 2.45) is 0 Å². The maximum Gasteiger partial charge on any atom is 0.416 e. The molecule has 3 rings (SSSR count). The van der Waals surface area contributed by atoms with E-state index in [0.717, 1.165) is 25.0 Å². The molecule has 0 atom stereocenters. The summed E-state index contributed by atoms with van der Waals surface area (Å²) in [7, 11) is 1.25. The lowest BCUT2D eigenvalue weighted by atomic mass is 10.1. The summed E-state index contributed by atoms with van der Waals surface area (Å²) >= 11 is 0. The number of hydrogen-bond donors (Lipinski definition) is 1. The average molecular weight is 326 g/mol. The van der Waals surface area contributed by atoms with Crippen LogP contribution in [-0.2, 0) is 6.18 Å². The van der Waals surface area contributed by atoms with Crippen LogP contribution in [0.25, 0.3) is 11.4 Å². The van der Waals surface area contributed by atoms with Crippen LogP contribution in [0.1, 0.15) is 24.4 Å². The van der Waals surface area contributed by atoms with E-state index in [4.69, 9.17) is 10.5 Å². The van der Waals surface area contributed by atoms with E-state index in [1.165, 1.54) is 17.7 Å². The van der Waals surface area contributed by atoms with Gasteiger partial charge in [-0.1, -0.05) is 0 Å². The van der Waals surface area contributed by atoms with Crippen molar-refractivity contribution < 1.29 is 17.9 Å². The first-order valence-electron chi connectivity index (χ1n) is 6.83. The lowest BCUT2D eigenvalue weighted by Crippen LogP contribution is -2.26. The van der Waals surface area contributed by atoms with Gasteiger partial charge in [0.05, 0.1) is 18.2 Å². The summed E-state index contributed by atoms with van der Waals surface area (Å²) < 4.78 is 44.9. The smallest absolute Gasteiger partial charge is 0.416 e. The number of nitrogens with two attached hydrogens (primary N) is 1. The number of methoxy groups -OCH3 is 1. The van der Waals surface area contributed by atoms with Crippen LogP contribution in [0.15, 0.2) is 23.0 Å². The maximum atomic E-state index is 12.8. The minimum absolute atomic E-state index is 0.0345. The SMILES string of the molecule is COc1cc(C(F)(F)F)ccc1-c1nnc(N)c(=O)n1C1CC1. The van der Waals surface area contributed by atoms with Crippen molar-refractivity contribution in [3.05, 3.63) is 34.1 Å². The molecule has 0 radical (unpaired) electrons. The highest BCUT2D eigenvalue weighted by molar-refractivity contribution is 5.65. The molecule has 2 aromatic rings. The summed E-state index contributed by atoms with van der Waals surface area (Å²) in [4.78, 5) is 12.2. The predicted molar refractivity (Wildman–Crippen MR) is 76.0 cm³/mol. The summed E-state index contributed by atoms with van der Waals surface area (Å²) in [5.41, 5.74) is 4.41. The molecule has 0 saturated heterocycles. The van der Waals surface area contributed by atoms with E-state index in [0.29, 0.717) is 0 Å². The minimum atomic E-state index is -4.49. The molecule has 0 amide bonds. The molecule has 0 spiro atoms. The van der Waals surface area contributed by atoms with Gasteiger partial charge in [-0.2, -0.15) is 13.2 Å². The van der Waals surface area contributed by atoms with Gasteiger partial charge in [-0.05, 0) is 31.0 Å². The van der Waals surface area contributed by atoms with Crippen molar-refractivity contribution in [1.29, 1.82) is 0 Å². The molecule has 0 unspecified atom stereocenters. The summed E-state index contributed by atoms with van der Waals surface area (Å²) in [5.74, 6) is -0.128. The molecule has 9 heteroatoms. The Morgan fingerprint density at radius 2 is 2.00 bits per heavy atom. The second-order valence-electron chi connectivity index (χ2n) is 5.23. The van der Waals surface area contributed by atoms with Gasteiger partial charge < -0.3 is 10.5 Å². The second kappa shape index (κ2) is 5.25. The lowest BCUT2D eigenvalue weighted by molar-refractivity contribution is -0.137. The van der Waals surface area contributed by atoms with E-state index >= 15 is 0 Å². The largest absolute Gasteiger partial charge is 0.496 e. The summed E-state index contributed by atoms with van der Waals surface area (Å²) in [6.07, 6.45) is -2.93. The van der Waals surface area contributed by atoms with Crippen molar-refractivity contribution in [2.75, 3.05) is 12.8 Å². The minimum Gasteiger partial charge on any atom is -0.496 e. The van der Waals surface area contributed by atoms with Crippen LogP contribution in [0.5, 0.6) is 5.75 Å². The first-order valence-corrected chi connectivity index (χ1v) is 6.83. The second-order valence-corrected chi connectivity index (χ2v) is 5.23. The molecule has 23 heavy (non-hydrogen) atoms. The van der Waals surface area contributed by atoms with Crippen molar-refractivity contribution in [1.82, 2.24) is 14.8 Å². The molecule has 1 aromatic carbocycles. The third kappa shape index (κ3) is 2.73. The Balaban J connectivity index is 2.20. The molecule has 0 aliphatic heterocycles. The van der Waals surface area contributed by atoms with Gasteiger partial charge in [0.25, 0.3) is 5.56 Å². The zero-order valence-corrected chi connectivity index (χ0v) is 12.1. The van der Waals surface area contributed by atoms with Crippen LogP contribution >= 0.6 is 0 Å². The normalized spacial score (nSPS) is 14.8. The molecule has 1 aromatic heterocycles. The van der Waals surface area contributed by atoms with Crippen LogP contribution in [0.2, 0.25) is 0 Å². The Morgan fingerprint density at radius 1 is 1.30 bits per heavy atom. The third-order valence-corrected chi connectivity index (χ3v) is 3.60. The molecule has 6 nitrogen and oxygen atoms in total. The standard InChI is InChI=1S/C14H13F3N4O2/c1-23-10-6-7(14(15,16)17)2-5-9(10)12-20-19-11(18)13(22)21(12)8-3-4-8/h2,5-6,8H,3-4H2,1H3,(H2,18,19). The molecule has 1 heterocycles. The number of nitrogens with zero attached hydrogens (tertiary/aromatic N) is 3. The highest BCUT2D eigenvalue weighted by Gasteiger charge is 2.33. The summed E-state index contributed by atoms with van der Waals surface area (Å²) in [6, 6.07) is 2.94. The fraction of sp³-hybridized carbons (Fsp3) is 0.357. The number of aromatic nitrogens is 3. The Hall–Kier alpha value is -2.58. The van der Waals surface area contributed by atoms with E-state index in [2.05, 4.69) is 10.2 Å². The van der Waals surface area contributed by atoms with Gasteiger partial charge in [-0.25, -0.2) is 0 Å². The van der Waals surface area contributed by atoms with Crippen molar-refractivity contribution in [3.8, 4) is 17.1 Å². The lowest BCUT2D eigenvalue weighted by Gasteiger charge is -2.15. The fourth-order valence-corrected chi connectivity index (χ4v) is 2.32. The van der Waals surface area contributed by atoms with E-state index < -0.39 is 17.3 Å². The Bertz CT molecular complexity index is 813. The zero-order chi connectivity index (χ0) is 16.8. The van der Waals surface area contributed by atoms with Gasteiger partial charge in [-0.3, -0.25) is 9.36 Å². The highest BCUT2D eigenvalue weighted by Crippen LogP contribution is 2.40. The van der Waals surface area contributed by atoms with E-state index in [1.807, 2.05) is 0 Å². The number of alkyl halides is 3.